The van der Waals surface area contributed by atoms with Crippen LogP contribution in [-0.4, -0.2) is 13.7 Å². The van der Waals surface area contributed by atoms with Gasteiger partial charge in [0.05, 0.1) is 11.1 Å². The second kappa shape index (κ2) is 6.97. The maximum Gasteiger partial charge on any atom is 0.138 e. The lowest BCUT2D eigenvalue weighted by Gasteiger charge is -2.20. The summed E-state index contributed by atoms with van der Waals surface area (Å²) in [6.07, 6.45) is 0. The van der Waals surface area contributed by atoms with Crippen LogP contribution >= 0.6 is 11.6 Å². The van der Waals surface area contributed by atoms with Crippen LogP contribution in [0, 0.1) is 20.8 Å². The topological polar surface area (TPSA) is 21.3 Å². The van der Waals surface area contributed by atoms with Gasteiger partial charge in [0.25, 0.3) is 0 Å². The van der Waals surface area contributed by atoms with Gasteiger partial charge in [0.2, 0.25) is 0 Å². The van der Waals surface area contributed by atoms with Gasteiger partial charge < -0.3 is 10.1 Å². The lowest BCUT2D eigenvalue weighted by atomic mass is 10.00. The fourth-order valence-electron chi connectivity index (χ4n) is 2.44. The molecule has 0 heterocycles. The molecule has 0 aliphatic heterocycles. The van der Waals surface area contributed by atoms with Gasteiger partial charge in [-0.1, -0.05) is 41.4 Å². The predicted molar refractivity (Wildman–Crippen MR) is 89.4 cm³/mol. The molecule has 0 fully saturated rings. The Labute approximate surface area is 132 Å². The first-order valence-electron chi connectivity index (χ1n) is 7.14. The Kier molecular flexibility index (Phi) is 5.27. The van der Waals surface area contributed by atoms with E-state index in [-0.39, 0.29) is 6.04 Å². The van der Waals surface area contributed by atoms with Crippen LogP contribution in [0.3, 0.4) is 0 Å². The lowest BCUT2D eigenvalue weighted by Crippen LogP contribution is -2.24. The van der Waals surface area contributed by atoms with E-state index in [1.165, 1.54) is 16.7 Å². The van der Waals surface area contributed by atoms with Crippen LogP contribution in [0.2, 0.25) is 5.02 Å². The van der Waals surface area contributed by atoms with E-state index in [4.69, 9.17) is 16.3 Å². The van der Waals surface area contributed by atoms with Gasteiger partial charge in [-0.05, 0) is 56.6 Å². The van der Waals surface area contributed by atoms with Crippen molar-refractivity contribution in [2.24, 2.45) is 0 Å². The van der Waals surface area contributed by atoms with Crippen LogP contribution in [0.25, 0.3) is 0 Å². The van der Waals surface area contributed by atoms with Gasteiger partial charge in [-0.2, -0.15) is 0 Å². The van der Waals surface area contributed by atoms with E-state index in [0.717, 1.165) is 11.3 Å². The summed E-state index contributed by atoms with van der Waals surface area (Å²) in [6.45, 7) is 6.80. The molecule has 1 unspecified atom stereocenters. The molecule has 3 heteroatoms. The quantitative estimate of drug-likeness (QED) is 0.871. The Morgan fingerprint density at radius 3 is 2.33 bits per heavy atom. The number of rotatable bonds is 5. The summed E-state index contributed by atoms with van der Waals surface area (Å²) in [5.74, 6) is 0.729. The molecule has 0 saturated heterocycles. The van der Waals surface area contributed by atoms with Crippen molar-refractivity contribution in [1.82, 2.24) is 5.32 Å². The summed E-state index contributed by atoms with van der Waals surface area (Å²) < 4.78 is 5.89. The van der Waals surface area contributed by atoms with E-state index in [2.05, 4.69) is 37.4 Å². The van der Waals surface area contributed by atoms with Crippen molar-refractivity contribution < 1.29 is 4.74 Å². The lowest BCUT2D eigenvalue weighted by molar-refractivity contribution is 0.273. The van der Waals surface area contributed by atoms with Gasteiger partial charge in [0.1, 0.15) is 12.4 Å². The summed E-state index contributed by atoms with van der Waals surface area (Å²) >= 11 is 6.21. The second-order valence-electron chi connectivity index (χ2n) is 5.45. The van der Waals surface area contributed by atoms with Crippen LogP contribution in [-0.2, 0) is 0 Å². The van der Waals surface area contributed by atoms with Crippen molar-refractivity contribution in [1.29, 1.82) is 0 Å². The van der Waals surface area contributed by atoms with Gasteiger partial charge >= 0.3 is 0 Å². The highest BCUT2D eigenvalue weighted by atomic mass is 35.5. The fraction of sp³-hybridized carbons (Fsp3) is 0.333. The first kappa shape index (κ1) is 15.9. The van der Waals surface area contributed by atoms with Crippen molar-refractivity contribution >= 4 is 11.6 Å². The van der Waals surface area contributed by atoms with Gasteiger partial charge in [-0.3, -0.25) is 0 Å². The average molecular weight is 304 g/mol. The molecule has 0 radical (unpaired) electrons. The molecular formula is C18H22ClNO. The summed E-state index contributed by atoms with van der Waals surface area (Å²) in [5, 5.41) is 3.97. The maximum atomic E-state index is 6.21. The van der Waals surface area contributed by atoms with E-state index in [1.54, 1.807) is 0 Å². The minimum atomic E-state index is 0.142. The number of ether oxygens (including phenoxy) is 1. The van der Waals surface area contributed by atoms with Crippen LogP contribution in [0.1, 0.15) is 28.3 Å². The maximum absolute atomic E-state index is 6.21. The third-order valence-corrected chi connectivity index (χ3v) is 3.94. The Morgan fingerprint density at radius 2 is 1.71 bits per heavy atom. The zero-order valence-corrected chi connectivity index (χ0v) is 13.8. The molecule has 1 N–H and O–H groups in total. The van der Waals surface area contributed by atoms with Gasteiger partial charge in [0, 0.05) is 0 Å². The third-order valence-electron chi connectivity index (χ3n) is 3.64. The normalized spacial score (nSPS) is 12.2. The molecule has 112 valence electrons. The number of hydrogen-bond donors (Lipinski definition) is 1. The van der Waals surface area contributed by atoms with Crippen LogP contribution in [0.4, 0.5) is 0 Å². The number of likely N-dealkylation sites (N-methyl/N-ethyl adjacent to an activating group) is 1. The standard InChI is InChI=1S/C18H22ClNO/c1-12-5-7-15(14(3)9-12)17(20-4)11-21-18-8-6-13(2)10-16(18)19/h5-10,17,20H,11H2,1-4H3. The minimum Gasteiger partial charge on any atom is -0.490 e. The Morgan fingerprint density at radius 1 is 1.05 bits per heavy atom. The summed E-state index contributed by atoms with van der Waals surface area (Å²) in [7, 11) is 1.95. The van der Waals surface area contributed by atoms with E-state index in [0.29, 0.717) is 11.6 Å². The predicted octanol–water partition coefficient (Wildman–Crippen LogP) is 4.60. The van der Waals surface area contributed by atoms with E-state index >= 15 is 0 Å². The molecule has 2 rings (SSSR count). The molecule has 0 saturated carbocycles. The van der Waals surface area contributed by atoms with Crippen molar-refractivity contribution in [3.8, 4) is 5.75 Å². The molecule has 1 atom stereocenters. The SMILES string of the molecule is CNC(COc1ccc(C)cc1Cl)c1ccc(C)cc1C. The number of aryl methyl sites for hydroxylation is 3. The van der Waals surface area contributed by atoms with E-state index in [9.17, 15) is 0 Å². The highest BCUT2D eigenvalue weighted by molar-refractivity contribution is 6.32. The Balaban J connectivity index is 2.12. The highest BCUT2D eigenvalue weighted by Gasteiger charge is 2.13. The summed E-state index contributed by atoms with van der Waals surface area (Å²) in [6, 6.07) is 12.5. The van der Waals surface area contributed by atoms with Crippen molar-refractivity contribution in [3.63, 3.8) is 0 Å². The molecule has 2 aromatic rings. The van der Waals surface area contributed by atoms with Crippen LogP contribution < -0.4 is 10.1 Å². The van der Waals surface area contributed by atoms with E-state index < -0.39 is 0 Å². The zero-order chi connectivity index (χ0) is 15.4. The Hall–Kier alpha value is -1.51. The zero-order valence-electron chi connectivity index (χ0n) is 13.0. The van der Waals surface area contributed by atoms with Crippen molar-refractivity contribution in [3.05, 3.63) is 63.7 Å². The molecule has 21 heavy (non-hydrogen) atoms. The first-order valence-corrected chi connectivity index (χ1v) is 7.52. The smallest absolute Gasteiger partial charge is 0.138 e. The number of hydrogen-bond acceptors (Lipinski definition) is 2. The van der Waals surface area contributed by atoms with Crippen molar-refractivity contribution in [2.45, 2.75) is 26.8 Å². The second-order valence-corrected chi connectivity index (χ2v) is 5.85. The number of halogens is 1. The minimum absolute atomic E-state index is 0.142. The van der Waals surface area contributed by atoms with Crippen molar-refractivity contribution in [2.75, 3.05) is 13.7 Å². The molecule has 0 aliphatic rings. The molecule has 0 aromatic heterocycles. The van der Waals surface area contributed by atoms with E-state index in [1.807, 2.05) is 32.2 Å². The Bertz CT molecular complexity index is 625. The molecule has 0 aliphatic carbocycles. The molecule has 0 amide bonds. The highest BCUT2D eigenvalue weighted by Crippen LogP contribution is 2.27. The molecule has 0 bridgehead atoms. The largest absolute Gasteiger partial charge is 0.490 e. The van der Waals surface area contributed by atoms with Gasteiger partial charge in [0.15, 0.2) is 0 Å². The number of nitrogens with one attached hydrogen (secondary N) is 1. The molecule has 0 spiro atoms. The molecular weight excluding hydrogens is 282 g/mol. The summed E-state index contributed by atoms with van der Waals surface area (Å²) in [4.78, 5) is 0. The summed E-state index contributed by atoms with van der Waals surface area (Å²) in [5.41, 5.74) is 4.93. The first-order chi connectivity index (χ1) is 10.0. The molecule has 2 nitrogen and oxygen atoms in total. The number of benzene rings is 2. The van der Waals surface area contributed by atoms with Gasteiger partial charge in [-0.15, -0.1) is 0 Å². The average Bonchev–Trinajstić information content (AvgIpc) is 2.43. The fourth-order valence-corrected chi connectivity index (χ4v) is 2.73. The van der Waals surface area contributed by atoms with Crippen LogP contribution in [0.15, 0.2) is 36.4 Å². The van der Waals surface area contributed by atoms with Gasteiger partial charge in [-0.25, -0.2) is 0 Å². The monoisotopic (exact) mass is 303 g/mol. The third kappa shape index (κ3) is 3.99. The van der Waals surface area contributed by atoms with Crippen LogP contribution in [0.5, 0.6) is 5.75 Å². The molecule has 2 aromatic carbocycles.